The molecule has 5 aromatic rings. The average molecular weight is 462 g/mol. The van der Waals surface area contributed by atoms with Gasteiger partial charge in [-0.05, 0) is 22.0 Å². The molecule has 5 heterocycles. The van der Waals surface area contributed by atoms with Crippen molar-refractivity contribution in [1.29, 1.82) is 0 Å². The molecule has 1 N–H and O–H groups in total. The van der Waals surface area contributed by atoms with E-state index in [-0.39, 0.29) is 5.56 Å². The summed E-state index contributed by atoms with van der Waals surface area (Å²) in [6.07, 6.45) is 4.16. The van der Waals surface area contributed by atoms with Crippen molar-refractivity contribution in [2.75, 3.05) is 0 Å². The minimum Gasteiger partial charge on any atom is -0.323 e. The topological polar surface area (TPSA) is 94.3 Å². The van der Waals surface area contributed by atoms with Gasteiger partial charge in [-0.1, -0.05) is 0 Å². The van der Waals surface area contributed by atoms with Crippen LogP contribution >= 0.6 is 38.6 Å². The molecule has 5 aromatic heterocycles. The first kappa shape index (κ1) is 16.8. The van der Waals surface area contributed by atoms with E-state index in [0.717, 1.165) is 35.9 Å². The fraction of sp³-hybridized carbons (Fsp3) is 0.188. The van der Waals surface area contributed by atoms with Crippen molar-refractivity contribution in [3.05, 3.63) is 54.5 Å². The smallest absolute Gasteiger partial charge is 0.291 e. The van der Waals surface area contributed by atoms with Crippen molar-refractivity contribution in [3.8, 4) is 0 Å². The quantitative estimate of drug-likeness (QED) is 0.443. The number of rotatable bonds is 4. The van der Waals surface area contributed by atoms with E-state index in [1.807, 2.05) is 17.7 Å². The second kappa shape index (κ2) is 6.36. The van der Waals surface area contributed by atoms with Crippen molar-refractivity contribution < 1.29 is 0 Å². The van der Waals surface area contributed by atoms with Crippen LogP contribution in [0.2, 0.25) is 0 Å². The van der Waals surface area contributed by atoms with Crippen LogP contribution in [0.15, 0.2) is 32.6 Å². The van der Waals surface area contributed by atoms with Gasteiger partial charge in [-0.2, -0.15) is 10.2 Å². The Balaban J connectivity index is 1.61. The zero-order valence-electron chi connectivity index (χ0n) is 14.0. The maximum atomic E-state index is 13.0. The lowest BCUT2D eigenvalue weighted by Crippen LogP contribution is -2.24. The third-order valence-electron chi connectivity index (χ3n) is 4.36. The Morgan fingerprint density at radius 1 is 1.37 bits per heavy atom. The normalized spacial score (nSPS) is 11.8. The molecule has 0 unspecified atom stereocenters. The van der Waals surface area contributed by atoms with Crippen LogP contribution in [0.5, 0.6) is 0 Å². The molecule has 0 saturated carbocycles. The first-order valence-electron chi connectivity index (χ1n) is 8.02. The van der Waals surface area contributed by atoms with Gasteiger partial charge in [-0.25, -0.2) is 14.6 Å². The highest BCUT2D eigenvalue weighted by Crippen LogP contribution is 2.31. The van der Waals surface area contributed by atoms with Gasteiger partial charge < -0.3 is 4.57 Å². The largest absolute Gasteiger partial charge is 0.323 e. The van der Waals surface area contributed by atoms with Crippen molar-refractivity contribution >= 4 is 59.9 Å². The summed E-state index contributed by atoms with van der Waals surface area (Å²) in [5.74, 6) is 0. The summed E-state index contributed by atoms with van der Waals surface area (Å²) in [5.41, 5.74) is 4.81. The van der Waals surface area contributed by atoms with Gasteiger partial charge in [0.2, 0.25) is 0 Å². The number of H-pyrrole nitrogens is 1. The molecule has 5 rings (SSSR count). The molecule has 0 amide bonds. The number of thiazole rings is 2. The number of aryl methyl sites for hydroxylation is 1. The molecule has 0 radical (unpaired) electrons. The van der Waals surface area contributed by atoms with Gasteiger partial charge in [0, 0.05) is 30.7 Å². The van der Waals surface area contributed by atoms with Crippen LogP contribution in [0.25, 0.3) is 21.3 Å². The van der Waals surface area contributed by atoms with Crippen LogP contribution < -0.4 is 5.56 Å². The summed E-state index contributed by atoms with van der Waals surface area (Å²) in [6.45, 7) is 0.330. The SMILES string of the molecule is Cn1c2nc(Cc3ccn[nH]3)sc2c2cnn(Cc3ncsc3Br)c(=O)c21. The van der Waals surface area contributed by atoms with Crippen LogP contribution in [0.1, 0.15) is 16.4 Å². The molecule has 0 bridgehead atoms. The van der Waals surface area contributed by atoms with Gasteiger partial charge in [0.05, 0.1) is 32.4 Å². The molecule has 0 saturated heterocycles. The minimum absolute atomic E-state index is 0.143. The third-order valence-corrected chi connectivity index (χ3v) is 7.11. The summed E-state index contributed by atoms with van der Waals surface area (Å²) < 4.78 is 5.19. The molecule has 0 aliphatic rings. The highest BCUT2D eigenvalue weighted by atomic mass is 79.9. The molecule has 11 heteroatoms. The lowest BCUT2D eigenvalue weighted by Gasteiger charge is -2.04. The number of nitrogens with one attached hydrogen (secondary N) is 1. The molecule has 0 spiro atoms. The number of halogens is 1. The van der Waals surface area contributed by atoms with E-state index in [4.69, 9.17) is 4.98 Å². The molecular weight excluding hydrogens is 450 g/mol. The fourth-order valence-corrected chi connectivity index (χ4v) is 5.20. The highest BCUT2D eigenvalue weighted by molar-refractivity contribution is 9.11. The van der Waals surface area contributed by atoms with Gasteiger partial charge >= 0.3 is 0 Å². The van der Waals surface area contributed by atoms with E-state index in [1.54, 1.807) is 29.2 Å². The van der Waals surface area contributed by atoms with Crippen molar-refractivity contribution in [1.82, 2.24) is 34.5 Å². The van der Waals surface area contributed by atoms with E-state index in [9.17, 15) is 4.79 Å². The van der Waals surface area contributed by atoms with E-state index in [2.05, 4.69) is 36.2 Å². The number of nitrogens with zero attached hydrogens (tertiary/aromatic N) is 6. The number of hydrogen-bond donors (Lipinski definition) is 1. The lowest BCUT2D eigenvalue weighted by atomic mass is 10.3. The Kier molecular flexibility index (Phi) is 3.95. The maximum Gasteiger partial charge on any atom is 0.291 e. The predicted octanol–water partition coefficient (Wildman–Crippen LogP) is 2.93. The first-order valence-corrected chi connectivity index (χ1v) is 10.5. The summed E-state index contributed by atoms with van der Waals surface area (Å²) in [6, 6.07) is 1.93. The highest BCUT2D eigenvalue weighted by Gasteiger charge is 2.19. The number of aromatic amines is 1. The summed E-state index contributed by atoms with van der Waals surface area (Å²) in [5, 5.41) is 13.1. The second-order valence-electron chi connectivity index (χ2n) is 6.02. The molecular formula is C16H12BrN7OS2. The molecule has 0 atom stereocenters. The molecule has 8 nitrogen and oxygen atoms in total. The van der Waals surface area contributed by atoms with Gasteiger partial charge in [-0.15, -0.1) is 22.7 Å². The van der Waals surface area contributed by atoms with Gasteiger partial charge in [-0.3, -0.25) is 9.89 Å². The molecule has 0 aliphatic carbocycles. The van der Waals surface area contributed by atoms with Crippen LogP contribution in [0.4, 0.5) is 0 Å². The summed E-state index contributed by atoms with van der Waals surface area (Å²) in [7, 11) is 1.87. The Morgan fingerprint density at radius 3 is 3.00 bits per heavy atom. The van der Waals surface area contributed by atoms with E-state index in [0.29, 0.717) is 18.5 Å². The van der Waals surface area contributed by atoms with Gasteiger partial charge in [0.25, 0.3) is 5.56 Å². The maximum absolute atomic E-state index is 13.0. The summed E-state index contributed by atoms with van der Waals surface area (Å²) in [4.78, 5) is 22.0. The monoisotopic (exact) mass is 461 g/mol. The first-order chi connectivity index (χ1) is 13.1. The van der Waals surface area contributed by atoms with E-state index < -0.39 is 0 Å². The van der Waals surface area contributed by atoms with Crippen molar-refractivity contribution in [2.24, 2.45) is 7.05 Å². The zero-order chi connectivity index (χ0) is 18.5. The Morgan fingerprint density at radius 2 is 2.26 bits per heavy atom. The Labute approximate surface area is 168 Å². The predicted molar refractivity (Wildman–Crippen MR) is 108 cm³/mol. The average Bonchev–Trinajstić information content (AvgIpc) is 3.41. The lowest BCUT2D eigenvalue weighted by molar-refractivity contribution is 0.633. The minimum atomic E-state index is -0.143. The van der Waals surface area contributed by atoms with Crippen molar-refractivity contribution in [2.45, 2.75) is 13.0 Å². The van der Waals surface area contributed by atoms with E-state index in [1.165, 1.54) is 16.0 Å². The molecule has 0 aliphatic heterocycles. The molecule has 27 heavy (non-hydrogen) atoms. The zero-order valence-corrected chi connectivity index (χ0v) is 17.2. The fourth-order valence-electron chi connectivity index (χ4n) is 3.07. The van der Waals surface area contributed by atoms with Gasteiger partial charge in [0.1, 0.15) is 10.5 Å². The number of fused-ring (bicyclic) bond motifs is 3. The molecule has 136 valence electrons. The van der Waals surface area contributed by atoms with Crippen LogP contribution in [0, 0.1) is 0 Å². The van der Waals surface area contributed by atoms with Crippen LogP contribution in [-0.4, -0.2) is 34.5 Å². The van der Waals surface area contributed by atoms with E-state index >= 15 is 0 Å². The van der Waals surface area contributed by atoms with Crippen molar-refractivity contribution in [3.63, 3.8) is 0 Å². The Bertz CT molecular complexity index is 1330. The summed E-state index contributed by atoms with van der Waals surface area (Å²) >= 11 is 6.53. The number of aromatic nitrogens is 7. The molecule has 0 fully saturated rings. The van der Waals surface area contributed by atoms with Crippen LogP contribution in [0.3, 0.4) is 0 Å². The standard InChI is InChI=1S/C16H12BrN7OS2/c1-23-12-9(5-20-24(16(12)25)6-10-14(17)26-7-18-10)13-15(23)21-11(27-13)4-8-2-3-19-22-8/h2-3,5,7H,4,6H2,1H3,(H,19,22). The molecule has 0 aromatic carbocycles. The Hall–Kier alpha value is -2.37. The third kappa shape index (κ3) is 2.73. The second-order valence-corrected chi connectivity index (χ2v) is 9.28. The van der Waals surface area contributed by atoms with Gasteiger partial charge in [0.15, 0.2) is 5.65 Å². The number of hydrogen-bond acceptors (Lipinski definition) is 7. The van der Waals surface area contributed by atoms with Crippen LogP contribution in [-0.2, 0) is 20.0 Å².